The lowest BCUT2D eigenvalue weighted by atomic mass is 10.1. The molecule has 0 aromatic carbocycles. The quantitative estimate of drug-likeness (QED) is 0.801. The number of nitrogens with one attached hydrogen (secondary N) is 1. The van der Waals surface area contributed by atoms with Gasteiger partial charge < -0.3 is 10.1 Å². The van der Waals surface area contributed by atoms with E-state index in [0.717, 1.165) is 36.2 Å². The van der Waals surface area contributed by atoms with Gasteiger partial charge in [0.1, 0.15) is 5.69 Å². The van der Waals surface area contributed by atoms with Gasteiger partial charge in [-0.25, -0.2) is 9.78 Å². The standard InChI is InChI=1S/C12H16N2O2S/c1-16-12(15)11-4-2-3-10(14-11)8-17-7-9-5-13-6-9/h2-4,9,13H,5-8H2,1H3. The second kappa shape index (κ2) is 6.02. The molecule has 5 heteroatoms. The fourth-order valence-electron chi connectivity index (χ4n) is 1.57. The number of nitrogens with zero attached hydrogens (tertiary/aromatic N) is 1. The lowest BCUT2D eigenvalue weighted by molar-refractivity contribution is 0.0594. The summed E-state index contributed by atoms with van der Waals surface area (Å²) in [5, 5.41) is 3.25. The minimum atomic E-state index is -0.375. The fourth-order valence-corrected chi connectivity index (χ4v) is 2.63. The molecule has 0 aliphatic carbocycles. The number of rotatable bonds is 5. The molecule has 1 aromatic heterocycles. The molecule has 1 aliphatic rings. The van der Waals surface area contributed by atoms with Crippen LogP contribution in [0.1, 0.15) is 16.2 Å². The lowest BCUT2D eigenvalue weighted by Gasteiger charge is -2.26. The first kappa shape index (κ1) is 12.4. The molecule has 0 bridgehead atoms. The molecule has 0 atom stereocenters. The van der Waals surface area contributed by atoms with Gasteiger partial charge in [-0.05, 0) is 36.9 Å². The minimum Gasteiger partial charge on any atom is -0.464 e. The van der Waals surface area contributed by atoms with Crippen LogP contribution in [-0.4, -0.2) is 36.9 Å². The van der Waals surface area contributed by atoms with Crippen LogP contribution in [0.5, 0.6) is 0 Å². The van der Waals surface area contributed by atoms with Crippen molar-refractivity contribution in [3.63, 3.8) is 0 Å². The van der Waals surface area contributed by atoms with Crippen LogP contribution in [0.2, 0.25) is 0 Å². The van der Waals surface area contributed by atoms with Crippen LogP contribution in [0.25, 0.3) is 0 Å². The van der Waals surface area contributed by atoms with Gasteiger partial charge in [0.15, 0.2) is 0 Å². The van der Waals surface area contributed by atoms with Crippen molar-refractivity contribution >= 4 is 17.7 Å². The molecule has 2 rings (SSSR count). The summed E-state index contributed by atoms with van der Waals surface area (Å²) in [7, 11) is 1.37. The number of hydrogen-bond donors (Lipinski definition) is 1. The van der Waals surface area contributed by atoms with Gasteiger partial charge in [-0.1, -0.05) is 6.07 Å². The number of ether oxygens (including phenoxy) is 1. The number of aromatic nitrogens is 1. The predicted molar refractivity (Wildman–Crippen MR) is 68.1 cm³/mol. The third-order valence-corrected chi connectivity index (χ3v) is 3.88. The van der Waals surface area contributed by atoms with Crippen LogP contribution in [0.4, 0.5) is 0 Å². The number of methoxy groups -OCH3 is 1. The molecule has 0 spiro atoms. The number of hydrogen-bond acceptors (Lipinski definition) is 5. The molecule has 0 radical (unpaired) electrons. The van der Waals surface area contributed by atoms with Gasteiger partial charge in [-0.15, -0.1) is 0 Å². The third kappa shape index (κ3) is 3.44. The maximum atomic E-state index is 11.3. The molecular weight excluding hydrogens is 236 g/mol. The smallest absolute Gasteiger partial charge is 0.356 e. The van der Waals surface area contributed by atoms with Crippen molar-refractivity contribution in [3.8, 4) is 0 Å². The average Bonchev–Trinajstić information content (AvgIpc) is 2.32. The SMILES string of the molecule is COC(=O)c1cccc(CSCC2CNC2)n1. The van der Waals surface area contributed by atoms with Crippen LogP contribution in [0.15, 0.2) is 18.2 Å². The molecule has 0 saturated carbocycles. The van der Waals surface area contributed by atoms with Crippen molar-refractivity contribution in [1.82, 2.24) is 10.3 Å². The molecule has 1 N–H and O–H groups in total. The van der Waals surface area contributed by atoms with Crippen molar-refractivity contribution in [2.75, 3.05) is 26.0 Å². The molecule has 2 heterocycles. The van der Waals surface area contributed by atoms with E-state index in [2.05, 4.69) is 15.0 Å². The normalized spacial score (nSPS) is 15.4. The van der Waals surface area contributed by atoms with E-state index >= 15 is 0 Å². The Balaban J connectivity index is 1.84. The number of carbonyl (C=O) groups is 1. The van der Waals surface area contributed by atoms with Crippen molar-refractivity contribution in [1.29, 1.82) is 0 Å². The van der Waals surface area contributed by atoms with Gasteiger partial charge in [0, 0.05) is 5.75 Å². The van der Waals surface area contributed by atoms with Crippen molar-refractivity contribution in [3.05, 3.63) is 29.6 Å². The Hall–Kier alpha value is -1.07. The van der Waals surface area contributed by atoms with Gasteiger partial charge in [-0.3, -0.25) is 0 Å². The third-order valence-electron chi connectivity index (χ3n) is 2.67. The molecule has 1 aromatic rings. The molecular formula is C12H16N2O2S. The lowest BCUT2D eigenvalue weighted by Crippen LogP contribution is -2.43. The van der Waals surface area contributed by atoms with Gasteiger partial charge in [0.25, 0.3) is 0 Å². The van der Waals surface area contributed by atoms with E-state index in [-0.39, 0.29) is 5.97 Å². The van der Waals surface area contributed by atoms with E-state index in [4.69, 9.17) is 0 Å². The van der Waals surface area contributed by atoms with Crippen molar-refractivity contribution in [2.45, 2.75) is 5.75 Å². The molecule has 0 unspecified atom stereocenters. The van der Waals surface area contributed by atoms with E-state index in [1.54, 1.807) is 6.07 Å². The number of pyridine rings is 1. The van der Waals surface area contributed by atoms with E-state index in [0.29, 0.717) is 5.69 Å². The van der Waals surface area contributed by atoms with Crippen molar-refractivity contribution < 1.29 is 9.53 Å². The Morgan fingerprint density at radius 1 is 1.59 bits per heavy atom. The number of carbonyl (C=O) groups excluding carboxylic acids is 1. The predicted octanol–water partition coefficient (Wildman–Crippen LogP) is 1.32. The average molecular weight is 252 g/mol. The van der Waals surface area contributed by atoms with E-state index in [1.807, 2.05) is 23.9 Å². The topological polar surface area (TPSA) is 51.2 Å². The monoisotopic (exact) mass is 252 g/mol. The molecule has 92 valence electrons. The van der Waals surface area contributed by atoms with Crippen LogP contribution < -0.4 is 5.32 Å². The molecule has 1 fully saturated rings. The van der Waals surface area contributed by atoms with Crippen LogP contribution >= 0.6 is 11.8 Å². The zero-order chi connectivity index (χ0) is 12.1. The highest BCUT2D eigenvalue weighted by molar-refractivity contribution is 7.98. The largest absolute Gasteiger partial charge is 0.464 e. The van der Waals surface area contributed by atoms with Crippen LogP contribution in [0.3, 0.4) is 0 Å². The van der Waals surface area contributed by atoms with Crippen LogP contribution in [0, 0.1) is 5.92 Å². The summed E-state index contributed by atoms with van der Waals surface area (Å²) in [6.45, 7) is 2.26. The summed E-state index contributed by atoms with van der Waals surface area (Å²) in [6.07, 6.45) is 0. The number of thioether (sulfide) groups is 1. The molecule has 0 amide bonds. The van der Waals surface area contributed by atoms with Gasteiger partial charge in [0.2, 0.25) is 0 Å². The van der Waals surface area contributed by atoms with Gasteiger partial charge in [-0.2, -0.15) is 11.8 Å². The minimum absolute atomic E-state index is 0.375. The second-order valence-corrected chi connectivity index (χ2v) is 5.08. The van der Waals surface area contributed by atoms with E-state index in [9.17, 15) is 4.79 Å². The fraction of sp³-hybridized carbons (Fsp3) is 0.500. The first-order valence-electron chi connectivity index (χ1n) is 5.62. The molecule has 1 saturated heterocycles. The highest BCUT2D eigenvalue weighted by Crippen LogP contribution is 2.16. The zero-order valence-corrected chi connectivity index (χ0v) is 10.6. The molecule has 4 nitrogen and oxygen atoms in total. The van der Waals surface area contributed by atoms with Gasteiger partial charge in [0.05, 0.1) is 12.8 Å². The zero-order valence-electron chi connectivity index (χ0n) is 9.81. The summed E-state index contributed by atoms with van der Waals surface area (Å²) < 4.78 is 4.64. The summed E-state index contributed by atoms with van der Waals surface area (Å²) in [5.41, 5.74) is 1.32. The molecule has 1 aliphatic heterocycles. The molecule has 17 heavy (non-hydrogen) atoms. The summed E-state index contributed by atoms with van der Waals surface area (Å²) >= 11 is 1.86. The van der Waals surface area contributed by atoms with Gasteiger partial charge >= 0.3 is 5.97 Å². The van der Waals surface area contributed by atoms with Crippen LogP contribution in [-0.2, 0) is 10.5 Å². The highest BCUT2D eigenvalue weighted by atomic mass is 32.2. The Morgan fingerprint density at radius 2 is 2.41 bits per heavy atom. The summed E-state index contributed by atoms with van der Waals surface area (Å²) in [4.78, 5) is 15.6. The first-order chi connectivity index (χ1) is 8.29. The maximum absolute atomic E-state index is 11.3. The Bertz CT molecular complexity index is 394. The van der Waals surface area contributed by atoms with E-state index in [1.165, 1.54) is 7.11 Å². The number of esters is 1. The highest BCUT2D eigenvalue weighted by Gasteiger charge is 2.16. The Morgan fingerprint density at radius 3 is 3.06 bits per heavy atom. The maximum Gasteiger partial charge on any atom is 0.356 e. The first-order valence-corrected chi connectivity index (χ1v) is 6.78. The summed E-state index contributed by atoms with van der Waals surface area (Å²) in [6, 6.07) is 5.47. The Kier molecular flexibility index (Phi) is 4.39. The Labute approximate surface area is 105 Å². The summed E-state index contributed by atoms with van der Waals surface area (Å²) in [5.74, 6) is 2.42. The van der Waals surface area contributed by atoms with E-state index < -0.39 is 0 Å². The second-order valence-electron chi connectivity index (χ2n) is 4.05. The van der Waals surface area contributed by atoms with Crippen molar-refractivity contribution in [2.24, 2.45) is 5.92 Å².